The summed E-state index contributed by atoms with van der Waals surface area (Å²) in [5.41, 5.74) is 1.05. The Balaban J connectivity index is 2.34. The third-order valence-corrected chi connectivity index (χ3v) is 2.98. The van der Waals surface area contributed by atoms with Crippen LogP contribution in [0.3, 0.4) is 0 Å². The summed E-state index contributed by atoms with van der Waals surface area (Å²) in [6, 6.07) is 7.74. The van der Waals surface area contributed by atoms with E-state index in [-0.39, 0.29) is 11.8 Å². The number of hydrogen-bond donors (Lipinski definition) is 1. The fraction of sp³-hybridized carbons (Fsp3) is 0.300. The number of nitrogens with one attached hydrogen (secondary N) is 1. The number of carbonyl (C=O) groups excluding carboxylic acids is 1. The van der Waals surface area contributed by atoms with Crippen molar-refractivity contribution in [1.82, 2.24) is 5.32 Å². The van der Waals surface area contributed by atoms with Gasteiger partial charge in [0.1, 0.15) is 0 Å². The predicted octanol–water partition coefficient (Wildman–Crippen LogP) is 2.05. The van der Waals surface area contributed by atoms with Crippen molar-refractivity contribution in [3.63, 3.8) is 0 Å². The van der Waals surface area contributed by atoms with Crippen molar-refractivity contribution < 1.29 is 4.79 Å². The Morgan fingerprint density at radius 3 is 2.77 bits per heavy atom. The molecular formula is C10H10BrNO. The smallest absolute Gasteiger partial charge is 0.155 e. The van der Waals surface area contributed by atoms with Crippen LogP contribution in [0.25, 0.3) is 0 Å². The minimum atomic E-state index is -0.101. The molecule has 2 nitrogen and oxygen atoms in total. The Labute approximate surface area is 85.5 Å². The van der Waals surface area contributed by atoms with Crippen molar-refractivity contribution in [3.05, 3.63) is 34.3 Å². The first-order chi connectivity index (χ1) is 6.29. The topological polar surface area (TPSA) is 29.1 Å². The standard InChI is InChI=1S/C10H10BrNO/c11-8-4-2-1-3-7(8)10-9(13)5-6-12-10/h1-4,10,12H,5-6H2. The van der Waals surface area contributed by atoms with Crippen molar-refractivity contribution in [2.75, 3.05) is 6.54 Å². The lowest BCUT2D eigenvalue weighted by atomic mass is 10.0. The maximum absolute atomic E-state index is 11.4. The van der Waals surface area contributed by atoms with Gasteiger partial charge in [-0.1, -0.05) is 34.1 Å². The van der Waals surface area contributed by atoms with E-state index in [1.807, 2.05) is 24.3 Å². The maximum atomic E-state index is 11.4. The van der Waals surface area contributed by atoms with Gasteiger partial charge in [0.05, 0.1) is 6.04 Å². The largest absolute Gasteiger partial charge is 0.303 e. The number of Topliss-reactive ketones (excluding diaryl/α,β-unsaturated/α-hetero) is 1. The minimum Gasteiger partial charge on any atom is -0.303 e. The molecule has 1 aromatic carbocycles. The Morgan fingerprint density at radius 1 is 1.38 bits per heavy atom. The molecule has 3 heteroatoms. The second-order valence-electron chi connectivity index (χ2n) is 3.12. The molecule has 0 spiro atoms. The summed E-state index contributed by atoms with van der Waals surface area (Å²) in [5, 5.41) is 3.18. The Kier molecular flexibility index (Phi) is 2.47. The molecule has 0 aromatic heterocycles. The number of benzene rings is 1. The zero-order valence-electron chi connectivity index (χ0n) is 7.09. The van der Waals surface area contributed by atoms with Crippen molar-refractivity contribution in [2.24, 2.45) is 0 Å². The van der Waals surface area contributed by atoms with Crippen LogP contribution in [0.15, 0.2) is 28.7 Å². The highest BCUT2D eigenvalue weighted by Crippen LogP contribution is 2.26. The first-order valence-corrected chi connectivity index (χ1v) is 5.09. The average molecular weight is 240 g/mol. The maximum Gasteiger partial charge on any atom is 0.155 e. The summed E-state index contributed by atoms with van der Waals surface area (Å²) in [6.45, 7) is 0.796. The number of carbonyl (C=O) groups is 1. The second-order valence-corrected chi connectivity index (χ2v) is 3.98. The van der Waals surface area contributed by atoms with Gasteiger partial charge in [-0.3, -0.25) is 4.79 Å². The first-order valence-electron chi connectivity index (χ1n) is 4.29. The van der Waals surface area contributed by atoms with Gasteiger partial charge in [0.25, 0.3) is 0 Å². The van der Waals surface area contributed by atoms with E-state index in [1.165, 1.54) is 0 Å². The molecule has 1 heterocycles. The van der Waals surface area contributed by atoms with Crippen molar-refractivity contribution in [2.45, 2.75) is 12.5 Å². The van der Waals surface area contributed by atoms with Gasteiger partial charge in [0.2, 0.25) is 0 Å². The van der Waals surface area contributed by atoms with Gasteiger partial charge in [0.15, 0.2) is 5.78 Å². The molecule has 1 atom stereocenters. The van der Waals surface area contributed by atoms with Gasteiger partial charge in [-0.25, -0.2) is 0 Å². The summed E-state index contributed by atoms with van der Waals surface area (Å²) in [7, 11) is 0. The van der Waals surface area contributed by atoms with E-state index in [2.05, 4.69) is 21.2 Å². The van der Waals surface area contributed by atoms with Crippen molar-refractivity contribution >= 4 is 21.7 Å². The van der Waals surface area contributed by atoms with Crippen LogP contribution in [-0.2, 0) is 4.79 Å². The normalized spacial score (nSPS) is 22.2. The molecule has 1 fully saturated rings. The quantitative estimate of drug-likeness (QED) is 0.813. The van der Waals surface area contributed by atoms with Crippen LogP contribution >= 0.6 is 15.9 Å². The highest BCUT2D eigenvalue weighted by molar-refractivity contribution is 9.10. The third kappa shape index (κ3) is 1.67. The Hall–Kier alpha value is -0.670. The van der Waals surface area contributed by atoms with Gasteiger partial charge in [-0.15, -0.1) is 0 Å². The SMILES string of the molecule is O=C1CCNC1c1ccccc1Br. The summed E-state index contributed by atoms with van der Waals surface area (Å²) in [6.07, 6.45) is 0.645. The first kappa shape index (κ1) is 8.91. The van der Waals surface area contributed by atoms with E-state index in [1.54, 1.807) is 0 Å². The average Bonchev–Trinajstić information content (AvgIpc) is 2.52. The van der Waals surface area contributed by atoms with Crippen LogP contribution in [0, 0.1) is 0 Å². The van der Waals surface area contributed by atoms with Gasteiger partial charge in [0, 0.05) is 17.4 Å². The van der Waals surface area contributed by atoms with E-state index in [4.69, 9.17) is 0 Å². The molecule has 0 saturated carbocycles. The number of rotatable bonds is 1. The van der Waals surface area contributed by atoms with Crippen LogP contribution < -0.4 is 5.32 Å². The summed E-state index contributed by atoms with van der Waals surface area (Å²) in [4.78, 5) is 11.4. The summed E-state index contributed by atoms with van der Waals surface area (Å²) < 4.78 is 1.00. The molecule has 0 radical (unpaired) electrons. The van der Waals surface area contributed by atoms with E-state index in [9.17, 15) is 4.79 Å². The molecule has 1 aliphatic rings. The zero-order chi connectivity index (χ0) is 9.26. The van der Waals surface area contributed by atoms with E-state index in [0.29, 0.717) is 6.42 Å². The fourth-order valence-corrected chi connectivity index (χ4v) is 2.10. The lowest BCUT2D eigenvalue weighted by molar-refractivity contribution is -0.118. The molecule has 0 aliphatic carbocycles. The fourth-order valence-electron chi connectivity index (χ4n) is 1.59. The Morgan fingerprint density at radius 2 is 2.15 bits per heavy atom. The second kappa shape index (κ2) is 3.60. The molecule has 1 N–H and O–H groups in total. The molecule has 1 aromatic rings. The molecule has 1 unspecified atom stereocenters. The van der Waals surface area contributed by atoms with Crippen LogP contribution in [0.4, 0.5) is 0 Å². The molecular weight excluding hydrogens is 230 g/mol. The van der Waals surface area contributed by atoms with Gasteiger partial charge >= 0.3 is 0 Å². The number of hydrogen-bond acceptors (Lipinski definition) is 2. The van der Waals surface area contributed by atoms with E-state index in [0.717, 1.165) is 16.6 Å². The minimum absolute atomic E-state index is 0.101. The van der Waals surface area contributed by atoms with Crippen LogP contribution in [0.1, 0.15) is 18.0 Å². The number of ketones is 1. The molecule has 2 rings (SSSR count). The van der Waals surface area contributed by atoms with Gasteiger partial charge in [-0.2, -0.15) is 0 Å². The van der Waals surface area contributed by atoms with E-state index < -0.39 is 0 Å². The zero-order valence-corrected chi connectivity index (χ0v) is 8.67. The third-order valence-electron chi connectivity index (χ3n) is 2.26. The molecule has 0 bridgehead atoms. The Bertz CT molecular complexity index is 337. The highest BCUT2D eigenvalue weighted by atomic mass is 79.9. The van der Waals surface area contributed by atoms with Crippen molar-refractivity contribution in [1.29, 1.82) is 0 Å². The summed E-state index contributed by atoms with van der Waals surface area (Å²) in [5.74, 6) is 0.284. The van der Waals surface area contributed by atoms with Crippen LogP contribution in [-0.4, -0.2) is 12.3 Å². The van der Waals surface area contributed by atoms with E-state index >= 15 is 0 Å². The molecule has 1 saturated heterocycles. The highest BCUT2D eigenvalue weighted by Gasteiger charge is 2.26. The molecule has 68 valence electrons. The van der Waals surface area contributed by atoms with Gasteiger partial charge < -0.3 is 5.32 Å². The lowest BCUT2D eigenvalue weighted by Gasteiger charge is -2.10. The number of halogens is 1. The lowest BCUT2D eigenvalue weighted by Crippen LogP contribution is -2.17. The monoisotopic (exact) mass is 239 g/mol. The molecule has 1 aliphatic heterocycles. The molecule has 0 amide bonds. The van der Waals surface area contributed by atoms with Crippen molar-refractivity contribution in [3.8, 4) is 0 Å². The van der Waals surface area contributed by atoms with Crippen LogP contribution in [0.5, 0.6) is 0 Å². The predicted molar refractivity (Wildman–Crippen MR) is 54.5 cm³/mol. The summed E-state index contributed by atoms with van der Waals surface area (Å²) >= 11 is 3.44. The van der Waals surface area contributed by atoms with Gasteiger partial charge in [-0.05, 0) is 11.6 Å². The molecule has 13 heavy (non-hydrogen) atoms. The van der Waals surface area contributed by atoms with Crippen LogP contribution in [0.2, 0.25) is 0 Å².